The van der Waals surface area contributed by atoms with E-state index in [9.17, 15) is 0 Å². The van der Waals surface area contributed by atoms with Crippen LogP contribution in [0.15, 0.2) is 30.6 Å². The maximum absolute atomic E-state index is 5.93. The van der Waals surface area contributed by atoms with Crippen molar-refractivity contribution in [2.75, 3.05) is 5.73 Å². The highest BCUT2D eigenvalue weighted by molar-refractivity contribution is 5.72. The molecular formula is C15H19N3O. The number of hydrogen-bond donors (Lipinski definition) is 1. The third kappa shape index (κ3) is 2.84. The zero-order chi connectivity index (χ0) is 13.8. The molecule has 2 N–H and O–H groups in total. The lowest BCUT2D eigenvalue weighted by Gasteiger charge is -2.15. The van der Waals surface area contributed by atoms with Crippen LogP contribution >= 0.6 is 0 Å². The second kappa shape index (κ2) is 5.69. The topological polar surface area (TPSA) is 61.0 Å². The number of nitrogens with two attached hydrogens (primary N) is 1. The van der Waals surface area contributed by atoms with Gasteiger partial charge in [-0.2, -0.15) is 0 Å². The fourth-order valence-corrected chi connectivity index (χ4v) is 2.03. The van der Waals surface area contributed by atoms with Gasteiger partial charge in [0.05, 0.1) is 11.8 Å². The summed E-state index contributed by atoms with van der Waals surface area (Å²) < 4.78 is 5.84. The summed E-state index contributed by atoms with van der Waals surface area (Å²) in [7, 11) is 0. The maximum atomic E-state index is 5.93. The lowest BCUT2D eigenvalue weighted by molar-refractivity contribution is 0.243. The molecule has 0 spiro atoms. The molecule has 4 nitrogen and oxygen atoms in total. The van der Waals surface area contributed by atoms with Gasteiger partial charge in [-0.05, 0) is 32.4 Å². The van der Waals surface area contributed by atoms with E-state index in [2.05, 4.69) is 9.97 Å². The Balaban J connectivity index is 2.56. The van der Waals surface area contributed by atoms with Gasteiger partial charge in [0, 0.05) is 11.1 Å². The average molecular weight is 257 g/mol. The summed E-state index contributed by atoms with van der Waals surface area (Å²) >= 11 is 0. The van der Waals surface area contributed by atoms with Gasteiger partial charge in [-0.15, -0.1) is 0 Å². The Morgan fingerprint density at radius 3 is 2.63 bits per heavy atom. The molecule has 0 radical (unpaired) electrons. The van der Waals surface area contributed by atoms with E-state index in [0.29, 0.717) is 5.82 Å². The van der Waals surface area contributed by atoms with Gasteiger partial charge in [-0.1, -0.05) is 19.1 Å². The first-order chi connectivity index (χ1) is 9.13. The Kier molecular flexibility index (Phi) is 4.00. The molecule has 0 unspecified atom stereocenters. The zero-order valence-corrected chi connectivity index (χ0v) is 11.6. The van der Waals surface area contributed by atoms with Gasteiger partial charge in [-0.3, -0.25) is 0 Å². The Morgan fingerprint density at radius 2 is 1.95 bits per heavy atom. The number of benzene rings is 1. The van der Waals surface area contributed by atoms with E-state index in [4.69, 9.17) is 10.5 Å². The SMILES string of the molecule is CCc1c(N)ncnc1-c1ccccc1OC(C)C. The first-order valence-corrected chi connectivity index (χ1v) is 6.48. The van der Waals surface area contributed by atoms with Crippen molar-refractivity contribution in [3.8, 4) is 17.0 Å². The number of anilines is 1. The van der Waals surface area contributed by atoms with Crippen molar-refractivity contribution in [3.05, 3.63) is 36.2 Å². The Morgan fingerprint density at radius 1 is 1.21 bits per heavy atom. The molecule has 4 heteroatoms. The third-order valence-electron chi connectivity index (χ3n) is 2.84. The minimum Gasteiger partial charge on any atom is -0.490 e. The highest BCUT2D eigenvalue weighted by Crippen LogP contribution is 2.32. The van der Waals surface area contributed by atoms with Crippen molar-refractivity contribution in [2.24, 2.45) is 0 Å². The first kappa shape index (κ1) is 13.3. The molecule has 0 saturated heterocycles. The number of nitrogens with zero attached hydrogens (tertiary/aromatic N) is 2. The van der Waals surface area contributed by atoms with E-state index in [1.165, 1.54) is 6.33 Å². The third-order valence-corrected chi connectivity index (χ3v) is 2.84. The molecule has 1 aromatic heterocycles. The average Bonchev–Trinajstić information content (AvgIpc) is 2.38. The minimum absolute atomic E-state index is 0.116. The summed E-state index contributed by atoms with van der Waals surface area (Å²) in [5, 5.41) is 0. The van der Waals surface area contributed by atoms with Crippen molar-refractivity contribution in [3.63, 3.8) is 0 Å². The van der Waals surface area contributed by atoms with Gasteiger partial charge in [0.15, 0.2) is 0 Å². The molecule has 19 heavy (non-hydrogen) atoms. The zero-order valence-electron chi connectivity index (χ0n) is 11.6. The molecule has 0 atom stereocenters. The number of hydrogen-bond acceptors (Lipinski definition) is 4. The minimum atomic E-state index is 0.116. The predicted octanol–water partition coefficient (Wildman–Crippen LogP) is 3.08. The summed E-state index contributed by atoms with van der Waals surface area (Å²) in [5.41, 5.74) is 8.70. The van der Waals surface area contributed by atoms with Crippen LogP contribution in [0, 0.1) is 0 Å². The maximum Gasteiger partial charge on any atom is 0.130 e. The fraction of sp³-hybridized carbons (Fsp3) is 0.333. The van der Waals surface area contributed by atoms with Crippen LogP contribution in [0.25, 0.3) is 11.3 Å². The summed E-state index contributed by atoms with van der Waals surface area (Å²) in [6.07, 6.45) is 2.40. The highest BCUT2D eigenvalue weighted by Gasteiger charge is 2.14. The molecule has 1 aromatic carbocycles. The van der Waals surface area contributed by atoms with Gasteiger partial charge >= 0.3 is 0 Å². The van der Waals surface area contributed by atoms with Gasteiger partial charge in [-0.25, -0.2) is 9.97 Å². The number of aromatic nitrogens is 2. The molecule has 0 aliphatic carbocycles. The van der Waals surface area contributed by atoms with Crippen molar-refractivity contribution in [2.45, 2.75) is 33.3 Å². The molecule has 2 rings (SSSR count). The first-order valence-electron chi connectivity index (χ1n) is 6.48. The van der Waals surface area contributed by atoms with E-state index in [1.807, 2.05) is 45.0 Å². The molecule has 0 aliphatic heterocycles. The molecule has 0 aliphatic rings. The van der Waals surface area contributed by atoms with Crippen molar-refractivity contribution >= 4 is 5.82 Å². The van der Waals surface area contributed by atoms with Crippen LogP contribution in [-0.2, 0) is 6.42 Å². The van der Waals surface area contributed by atoms with Crippen LogP contribution in [0.4, 0.5) is 5.82 Å². The summed E-state index contributed by atoms with van der Waals surface area (Å²) in [6.45, 7) is 6.06. The highest BCUT2D eigenvalue weighted by atomic mass is 16.5. The largest absolute Gasteiger partial charge is 0.490 e. The van der Waals surface area contributed by atoms with Crippen LogP contribution in [-0.4, -0.2) is 16.1 Å². The fourth-order valence-electron chi connectivity index (χ4n) is 2.03. The summed E-state index contributed by atoms with van der Waals surface area (Å²) in [4.78, 5) is 8.43. The van der Waals surface area contributed by atoms with Crippen molar-refractivity contribution in [1.29, 1.82) is 0 Å². The quantitative estimate of drug-likeness (QED) is 0.914. The van der Waals surface area contributed by atoms with Crippen LogP contribution in [0.1, 0.15) is 26.3 Å². The normalized spacial score (nSPS) is 10.7. The number of ether oxygens (including phenoxy) is 1. The lowest BCUT2D eigenvalue weighted by atomic mass is 10.0. The molecule has 100 valence electrons. The summed E-state index contributed by atoms with van der Waals surface area (Å²) in [6, 6.07) is 7.88. The Hall–Kier alpha value is -2.10. The molecular weight excluding hydrogens is 238 g/mol. The number of para-hydroxylation sites is 1. The van der Waals surface area contributed by atoms with Crippen LogP contribution in [0.2, 0.25) is 0 Å². The van der Waals surface area contributed by atoms with Gasteiger partial charge in [0.25, 0.3) is 0 Å². The van der Waals surface area contributed by atoms with Crippen molar-refractivity contribution < 1.29 is 4.74 Å². The molecule has 0 bridgehead atoms. The molecule has 0 fully saturated rings. The Labute approximate surface area is 113 Å². The van der Waals surface area contributed by atoms with E-state index < -0.39 is 0 Å². The monoisotopic (exact) mass is 257 g/mol. The summed E-state index contributed by atoms with van der Waals surface area (Å²) in [5.74, 6) is 1.36. The van der Waals surface area contributed by atoms with E-state index in [-0.39, 0.29) is 6.10 Å². The standard InChI is InChI=1S/C15H19N3O/c1-4-11-14(17-9-18-15(11)16)12-7-5-6-8-13(12)19-10(2)3/h5-10H,4H2,1-3H3,(H2,16,17,18). The number of rotatable bonds is 4. The second-order valence-electron chi connectivity index (χ2n) is 4.60. The molecule has 2 aromatic rings. The number of nitrogen functional groups attached to an aromatic ring is 1. The van der Waals surface area contributed by atoms with Crippen molar-refractivity contribution in [1.82, 2.24) is 9.97 Å². The van der Waals surface area contributed by atoms with Gasteiger partial charge in [0.2, 0.25) is 0 Å². The molecule has 0 saturated carbocycles. The molecule has 0 amide bonds. The van der Waals surface area contributed by atoms with Crippen LogP contribution < -0.4 is 10.5 Å². The Bertz CT molecular complexity index is 567. The molecule has 1 heterocycles. The predicted molar refractivity (Wildman–Crippen MR) is 77.0 cm³/mol. The van der Waals surface area contributed by atoms with E-state index in [1.54, 1.807) is 0 Å². The smallest absolute Gasteiger partial charge is 0.130 e. The second-order valence-corrected chi connectivity index (χ2v) is 4.60. The van der Waals surface area contributed by atoms with Crippen LogP contribution in [0.5, 0.6) is 5.75 Å². The van der Waals surface area contributed by atoms with Gasteiger partial charge in [0.1, 0.15) is 17.9 Å². The van der Waals surface area contributed by atoms with E-state index in [0.717, 1.165) is 29.0 Å². The lowest BCUT2D eigenvalue weighted by Crippen LogP contribution is -2.08. The van der Waals surface area contributed by atoms with E-state index >= 15 is 0 Å². The van der Waals surface area contributed by atoms with Crippen LogP contribution in [0.3, 0.4) is 0 Å². The van der Waals surface area contributed by atoms with Gasteiger partial charge < -0.3 is 10.5 Å².